The van der Waals surface area contributed by atoms with Gasteiger partial charge in [-0.05, 0) is 42.3 Å². The zero-order valence-corrected chi connectivity index (χ0v) is 16.8. The Morgan fingerprint density at radius 3 is 2.50 bits per heavy atom. The summed E-state index contributed by atoms with van der Waals surface area (Å²) in [6.45, 7) is 5.45. The molecule has 0 saturated carbocycles. The number of para-hydroxylation sites is 1. The van der Waals surface area contributed by atoms with Crippen molar-refractivity contribution >= 4 is 34.2 Å². The number of carbonyl (C=O) groups is 3. The molecule has 1 amide bonds. The number of phenolic OH excluding ortho intramolecular Hbond substituents is 1. The summed E-state index contributed by atoms with van der Waals surface area (Å²) in [5.41, 5.74) is 1.11. The minimum atomic E-state index is -0.814. The number of hydrogen-bond donors (Lipinski definition) is 2. The van der Waals surface area contributed by atoms with Crippen molar-refractivity contribution in [2.45, 2.75) is 27.2 Å². The predicted molar refractivity (Wildman–Crippen MR) is 106 cm³/mol. The van der Waals surface area contributed by atoms with Crippen LogP contribution in [0.2, 0.25) is 0 Å². The van der Waals surface area contributed by atoms with Crippen LogP contribution in [-0.4, -0.2) is 36.2 Å². The van der Waals surface area contributed by atoms with Crippen molar-refractivity contribution in [3.63, 3.8) is 0 Å². The van der Waals surface area contributed by atoms with E-state index < -0.39 is 24.5 Å². The number of anilines is 1. The number of hydrogen-bond acceptors (Lipinski definition) is 7. The lowest BCUT2D eigenvalue weighted by Crippen LogP contribution is -2.22. The molecule has 150 valence electrons. The summed E-state index contributed by atoms with van der Waals surface area (Å²) in [6, 6.07) is 5.89. The number of amides is 1. The van der Waals surface area contributed by atoms with Crippen molar-refractivity contribution in [3.05, 3.63) is 46.3 Å². The third-order valence-corrected chi connectivity index (χ3v) is 4.63. The van der Waals surface area contributed by atoms with Crippen LogP contribution in [-0.2, 0) is 20.7 Å². The molecule has 0 unspecified atom stereocenters. The molecule has 0 aliphatic heterocycles. The predicted octanol–water partition coefficient (Wildman–Crippen LogP) is 3.62. The molecule has 0 aliphatic carbocycles. The Labute approximate surface area is 167 Å². The van der Waals surface area contributed by atoms with Gasteiger partial charge in [0.2, 0.25) is 0 Å². The molecule has 1 aromatic heterocycles. The molecule has 0 radical (unpaired) electrons. The number of thiophene rings is 1. The molecule has 0 bridgehead atoms. The number of phenols is 1. The van der Waals surface area contributed by atoms with Crippen LogP contribution < -0.4 is 5.32 Å². The van der Waals surface area contributed by atoms with Crippen molar-refractivity contribution in [1.29, 1.82) is 0 Å². The summed E-state index contributed by atoms with van der Waals surface area (Å²) < 4.78 is 10.0. The fourth-order valence-electron chi connectivity index (χ4n) is 2.52. The van der Waals surface area contributed by atoms with E-state index >= 15 is 0 Å². The third kappa shape index (κ3) is 5.56. The Kier molecular flexibility index (Phi) is 7.57. The number of ether oxygens (including phenoxy) is 2. The summed E-state index contributed by atoms with van der Waals surface area (Å²) in [7, 11) is 0. The van der Waals surface area contributed by atoms with Crippen molar-refractivity contribution in [2.75, 3.05) is 18.5 Å². The zero-order valence-electron chi connectivity index (χ0n) is 16.0. The Morgan fingerprint density at radius 1 is 1.14 bits per heavy atom. The molecule has 7 nitrogen and oxygen atoms in total. The standard InChI is InChI=1S/C20H23NO6S/c1-4-26-20(25)17-13(9-12(2)3)11-28-18(17)21-16(23)10-27-19(24)14-7-5-6-8-15(14)22/h5-8,11-12,22H,4,9-10H2,1-3H3,(H,21,23). The topological polar surface area (TPSA) is 102 Å². The fourth-order valence-corrected chi connectivity index (χ4v) is 3.50. The monoisotopic (exact) mass is 405 g/mol. The second-order valence-corrected chi connectivity index (χ2v) is 7.30. The van der Waals surface area contributed by atoms with Gasteiger partial charge in [-0.1, -0.05) is 26.0 Å². The number of aromatic hydroxyl groups is 1. The van der Waals surface area contributed by atoms with Crippen LogP contribution in [0.25, 0.3) is 0 Å². The summed E-state index contributed by atoms with van der Waals surface area (Å²) in [6.07, 6.45) is 0.669. The van der Waals surface area contributed by atoms with E-state index in [2.05, 4.69) is 5.32 Å². The first-order valence-electron chi connectivity index (χ1n) is 8.85. The first-order chi connectivity index (χ1) is 13.3. The molecular formula is C20H23NO6S. The van der Waals surface area contributed by atoms with Gasteiger partial charge in [0.15, 0.2) is 6.61 Å². The van der Waals surface area contributed by atoms with Crippen LogP contribution in [0.4, 0.5) is 5.00 Å². The maximum absolute atomic E-state index is 12.3. The van der Waals surface area contributed by atoms with Crippen LogP contribution in [0.3, 0.4) is 0 Å². The third-order valence-electron chi connectivity index (χ3n) is 3.69. The van der Waals surface area contributed by atoms with Gasteiger partial charge in [0.05, 0.1) is 12.2 Å². The average Bonchev–Trinajstić information content (AvgIpc) is 3.01. The molecule has 2 rings (SSSR count). The summed E-state index contributed by atoms with van der Waals surface area (Å²) in [5, 5.41) is 14.4. The molecule has 0 aliphatic rings. The van der Waals surface area contributed by atoms with Crippen LogP contribution in [0, 0.1) is 5.92 Å². The molecule has 1 aromatic carbocycles. The molecule has 2 N–H and O–H groups in total. The first-order valence-corrected chi connectivity index (χ1v) is 9.73. The first kappa shape index (κ1) is 21.4. The lowest BCUT2D eigenvalue weighted by molar-refractivity contribution is -0.119. The molecule has 0 atom stereocenters. The van der Waals surface area contributed by atoms with Crippen LogP contribution in [0.15, 0.2) is 29.6 Å². The zero-order chi connectivity index (χ0) is 20.7. The van der Waals surface area contributed by atoms with E-state index in [1.807, 2.05) is 19.2 Å². The molecule has 0 fully saturated rings. The molecule has 8 heteroatoms. The van der Waals surface area contributed by atoms with Gasteiger partial charge in [-0.15, -0.1) is 11.3 Å². The highest BCUT2D eigenvalue weighted by molar-refractivity contribution is 7.15. The van der Waals surface area contributed by atoms with Gasteiger partial charge < -0.3 is 19.9 Å². The Hall–Kier alpha value is -2.87. The second kappa shape index (κ2) is 9.89. The quantitative estimate of drug-likeness (QED) is 0.651. The van der Waals surface area contributed by atoms with Gasteiger partial charge in [0.1, 0.15) is 16.3 Å². The highest BCUT2D eigenvalue weighted by Gasteiger charge is 2.23. The van der Waals surface area contributed by atoms with E-state index in [4.69, 9.17) is 9.47 Å². The van der Waals surface area contributed by atoms with E-state index in [0.717, 1.165) is 5.56 Å². The minimum Gasteiger partial charge on any atom is -0.507 e. The van der Waals surface area contributed by atoms with E-state index in [1.54, 1.807) is 19.1 Å². The van der Waals surface area contributed by atoms with Crippen LogP contribution in [0.5, 0.6) is 5.75 Å². The minimum absolute atomic E-state index is 0.0298. The Morgan fingerprint density at radius 2 is 1.86 bits per heavy atom. The van der Waals surface area contributed by atoms with Gasteiger partial charge in [-0.2, -0.15) is 0 Å². The average molecular weight is 405 g/mol. The summed E-state index contributed by atoms with van der Waals surface area (Å²) >= 11 is 1.22. The highest BCUT2D eigenvalue weighted by atomic mass is 32.1. The largest absolute Gasteiger partial charge is 0.507 e. The lowest BCUT2D eigenvalue weighted by Gasteiger charge is -2.10. The van der Waals surface area contributed by atoms with Crippen molar-refractivity contribution in [2.24, 2.45) is 5.92 Å². The Bertz CT molecular complexity index is 858. The number of nitrogens with one attached hydrogen (secondary N) is 1. The summed E-state index contributed by atoms with van der Waals surface area (Å²) in [4.78, 5) is 36.5. The summed E-state index contributed by atoms with van der Waals surface area (Å²) in [5.74, 6) is -1.81. The van der Waals surface area contributed by atoms with Gasteiger partial charge in [0.25, 0.3) is 5.91 Å². The van der Waals surface area contributed by atoms with Crippen molar-refractivity contribution in [3.8, 4) is 5.75 Å². The second-order valence-electron chi connectivity index (χ2n) is 6.42. The molecule has 0 saturated heterocycles. The number of rotatable bonds is 8. The van der Waals surface area contributed by atoms with Crippen molar-refractivity contribution < 1.29 is 29.0 Å². The van der Waals surface area contributed by atoms with E-state index in [0.29, 0.717) is 22.9 Å². The SMILES string of the molecule is CCOC(=O)c1c(CC(C)C)csc1NC(=O)COC(=O)c1ccccc1O. The van der Waals surface area contributed by atoms with Gasteiger partial charge >= 0.3 is 11.9 Å². The normalized spacial score (nSPS) is 10.6. The number of benzene rings is 1. The van der Waals surface area contributed by atoms with Crippen LogP contribution >= 0.6 is 11.3 Å². The van der Waals surface area contributed by atoms with Gasteiger partial charge in [0, 0.05) is 0 Å². The lowest BCUT2D eigenvalue weighted by atomic mass is 10.0. The maximum Gasteiger partial charge on any atom is 0.342 e. The smallest absolute Gasteiger partial charge is 0.342 e. The molecule has 28 heavy (non-hydrogen) atoms. The molecule has 0 spiro atoms. The van der Waals surface area contributed by atoms with E-state index in [-0.39, 0.29) is 17.9 Å². The Balaban J connectivity index is 2.06. The fraction of sp³-hybridized carbons (Fsp3) is 0.350. The van der Waals surface area contributed by atoms with Crippen LogP contribution in [0.1, 0.15) is 47.1 Å². The molecule has 1 heterocycles. The van der Waals surface area contributed by atoms with Gasteiger partial charge in [-0.3, -0.25) is 4.79 Å². The van der Waals surface area contributed by atoms with E-state index in [1.165, 1.54) is 23.5 Å². The number of carbonyl (C=O) groups excluding carboxylic acids is 3. The number of esters is 2. The molecule has 2 aromatic rings. The van der Waals surface area contributed by atoms with Crippen molar-refractivity contribution in [1.82, 2.24) is 0 Å². The maximum atomic E-state index is 12.3. The molecular weight excluding hydrogens is 382 g/mol. The van der Waals surface area contributed by atoms with E-state index in [9.17, 15) is 19.5 Å². The van der Waals surface area contributed by atoms with Gasteiger partial charge in [-0.25, -0.2) is 9.59 Å². The highest BCUT2D eigenvalue weighted by Crippen LogP contribution is 2.31.